The Kier molecular flexibility index (Phi) is 8.43. The van der Waals surface area contributed by atoms with Crippen LogP contribution in [0.4, 0.5) is 10.5 Å². The molecule has 3 rings (SSSR count). The number of halogens is 2. The molecule has 1 heterocycles. The average molecular weight is 448 g/mol. The summed E-state index contributed by atoms with van der Waals surface area (Å²) >= 11 is 12.1. The average Bonchev–Trinajstić information content (AvgIpc) is 2.75. The van der Waals surface area contributed by atoms with Crippen molar-refractivity contribution in [3.8, 4) is 0 Å². The number of urea groups is 1. The predicted molar refractivity (Wildman–Crippen MR) is 126 cm³/mol. The van der Waals surface area contributed by atoms with Crippen LogP contribution in [0.25, 0.3) is 0 Å². The Morgan fingerprint density at radius 1 is 1.13 bits per heavy atom. The lowest BCUT2D eigenvalue weighted by Gasteiger charge is -2.40. The summed E-state index contributed by atoms with van der Waals surface area (Å²) in [4.78, 5) is 17.8. The molecule has 0 bridgehead atoms. The van der Waals surface area contributed by atoms with Crippen molar-refractivity contribution < 1.29 is 4.79 Å². The third-order valence-electron chi connectivity index (χ3n) is 5.90. The molecule has 0 spiro atoms. The fourth-order valence-electron chi connectivity index (χ4n) is 4.15. The molecule has 1 atom stereocenters. The van der Waals surface area contributed by atoms with Crippen LogP contribution in [-0.2, 0) is 6.54 Å². The summed E-state index contributed by atoms with van der Waals surface area (Å²) in [6.45, 7) is 7.18. The number of hydrogen-bond donors (Lipinski definition) is 1. The second kappa shape index (κ2) is 11.0. The number of rotatable bonds is 7. The maximum absolute atomic E-state index is 13.3. The van der Waals surface area contributed by atoms with Crippen LogP contribution in [0.5, 0.6) is 0 Å². The molecular formula is C24H31Cl2N3O. The van der Waals surface area contributed by atoms with Crippen molar-refractivity contribution >= 4 is 34.9 Å². The molecule has 4 nitrogen and oxygen atoms in total. The van der Waals surface area contributed by atoms with E-state index in [2.05, 4.69) is 36.2 Å². The lowest BCUT2D eigenvalue weighted by atomic mass is 10.00. The highest BCUT2D eigenvalue weighted by Gasteiger charge is 2.29. The van der Waals surface area contributed by atoms with E-state index < -0.39 is 0 Å². The molecule has 1 aliphatic heterocycles. The molecule has 1 unspecified atom stereocenters. The quantitative estimate of drug-likeness (QED) is 0.513. The van der Waals surface area contributed by atoms with Crippen molar-refractivity contribution in [2.45, 2.75) is 58.2 Å². The highest BCUT2D eigenvalue weighted by atomic mass is 35.5. The van der Waals surface area contributed by atoms with Crippen LogP contribution >= 0.6 is 23.2 Å². The fourth-order valence-corrected chi connectivity index (χ4v) is 4.45. The molecule has 6 heteroatoms. The SMILES string of the molecule is CCCC(C)N1CCC(N(Cc2ccccc2)C(=O)Nc2ccc(Cl)c(Cl)c2)CC1. The van der Waals surface area contributed by atoms with E-state index in [1.807, 2.05) is 23.1 Å². The molecule has 1 aliphatic rings. The van der Waals surface area contributed by atoms with Crippen LogP contribution in [0.2, 0.25) is 10.0 Å². The van der Waals surface area contributed by atoms with Gasteiger partial charge in [0.15, 0.2) is 0 Å². The number of nitrogens with zero attached hydrogens (tertiary/aromatic N) is 2. The van der Waals surface area contributed by atoms with E-state index in [-0.39, 0.29) is 12.1 Å². The van der Waals surface area contributed by atoms with Crippen molar-refractivity contribution in [2.75, 3.05) is 18.4 Å². The van der Waals surface area contributed by atoms with Gasteiger partial charge in [-0.2, -0.15) is 0 Å². The topological polar surface area (TPSA) is 35.6 Å². The molecule has 2 aromatic rings. The van der Waals surface area contributed by atoms with E-state index in [0.717, 1.165) is 31.5 Å². The molecular weight excluding hydrogens is 417 g/mol. The van der Waals surface area contributed by atoms with Crippen molar-refractivity contribution in [1.29, 1.82) is 0 Å². The molecule has 2 amide bonds. The minimum absolute atomic E-state index is 0.0997. The van der Waals surface area contributed by atoms with Gasteiger partial charge in [-0.3, -0.25) is 0 Å². The first-order valence-electron chi connectivity index (χ1n) is 10.8. The van der Waals surface area contributed by atoms with Crippen molar-refractivity contribution in [3.63, 3.8) is 0 Å². The number of amides is 2. The van der Waals surface area contributed by atoms with Crippen LogP contribution in [0.15, 0.2) is 48.5 Å². The Morgan fingerprint density at radius 3 is 2.47 bits per heavy atom. The second-order valence-electron chi connectivity index (χ2n) is 8.08. The fraction of sp³-hybridized carbons (Fsp3) is 0.458. The molecule has 1 fully saturated rings. The summed E-state index contributed by atoms with van der Waals surface area (Å²) < 4.78 is 0. The number of carbonyl (C=O) groups is 1. The van der Waals surface area contributed by atoms with Gasteiger partial charge in [-0.05, 0) is 49.9 Å². The molecule has 2 aromatic carbocycles. The van der Waals surface area contributed by atoms with Crippen molar-refractivity contribution in [2.24, 2.45) is 0 Å². The molecule has 1 N–H and O–H groups in total. The van der Waals surface area contributed by atoms with Gasteiger partial charge >= 0.3 is 6.03 Å². The Balaban J connectivity index is 1.72. The molecule has 0 aromatic heterocycles. The Labute approximate surface area is 190 Å². The first kappa shape index (κ1) is 22.9. The van der Waals surface area contributed by atoms with E-state index in [0.29, 0.717) is 28.3 Å². The van der Waals surface area contributed by atoms with Crippen LogP contribution in [0, 0.1) is 0 Å². The minimum atomic E-state index is -0.0997. The van der Waals surface area contributed by atoms with Gasteiger partial charge < -0.3 is 15.1 Å². The van der Waals surface area contributed by atoms with Gasteiger partial charge in [0.25, 0.3) is 0 Å². The summed E-state index contributed by atoms with van der Waals surface area (Å²) in [6.07, 6.45) is 4.38. The van der Waals surface area contributed by atoms with Gasteiger partial charge in [-0.15, -0.1) is 0 Å². The van der Waals surface area contributed by atoms with Crippen molar-refractivity contribution in [1.82, 2.24) is 9.80 Å². The molecule has 1 saturated heterocycles. The zero-order valence-corrected chi connectivity index (χ0v) is 19.3. The normalized spacial score (nSPS) is 16.3. The Bertz CT molecular complexity index is 822. The Hall–Kier alpha value is -1.75. The van der Waals surface area contributed by atoms with E-state index in [1.165, 1.54) is 12.8 Å². The minimum Gasteiger partial charge on any atom is -0.317 e. The molecule has 0 aliphatic carbocycles. The van der Waals surface area contributed by atoms with Gasteiger partial charge in [0, 0.05) is 37.4 Å². The number of likely N-dealkylation sites (tertiary alicyclic amines) is 1. The highest BCUT2D eigenvalue weighted by Crippen LogP contribution is 2.27. The van der Waals surface area contributed by atoms with E-state index in [9.17, 15) is 4.79 Å². The number of piperidine rings is 1. The van der Waals surface area contributed by atoms with Gasteiger partial charge in [0.1, 0.15) is 0 Å². The lowest BCUT2D eigenvalue weighted by Crippen LogP contribution is -2.50. The maximum Gasteiger partial charge on any atom is 0.322 e. The Morgan fingerprint density at radius 2 is 1.83 bits per heavy atom. The molecule has 30 heavy (non-hydrogen) atoms. The smallest absolute Gasteiger partial charge is 0.317 e. The standard InChI is InChI=1S/C24H31Cl2N3O/c1-3-7-18(2)28-14-12-21(13-15-28)29(17-19-8-5-4-6-9-19)24(30)27-20-10-11-22(25)23(26)16-20/h4-6,8-11,16,18,21H,3,7,12-15,17H2,1-2H3,(H,27,30). The highest BCUT2D eigenvalue weighted by molar-refractivity contribution is 6.42. The lowest BCUT2D eigenvalue weighted by molar-refractivity contribution is 0.0989. The second-order valence-corrected chi connectivity index (χ2v) is 8.89. The predicted octanol–water partition coefficient (Wildman–Crippen LogP) is 6.68. The van der Waals surface area contributed by atoms with Gasteiger partial charge in [0.05, 0.1) is 10.0 Å². The first-order chi connectivity index (χ1) is 14.5. The van der Waals surface area contributed by atoms with Crippen LogP contribution in [-0.4, -0.2) is 41.0 Å². The number of nitrogens with one attached hydrogen (secondary N) is 1. The van der Waals surface area contributed by atoms with Gasteiger partial charge in [-0.25, -0.2) is 4.79 Å². The van der Waals surface area contributed by atoms with E-state index in [4.69, 9.17) is 23.2 Å². The molecule has 0 radical (unpaired) electrons. The number of hydrogen-bond acceptors (Lipinski definition) is 2. The molecule has 162 valence electrons. The van der Waals surface area contributed by atoms with Gasteiger partial charge in [0.2, 0.25) is 0 Å². The summed E-state index contributed by atoms with van der Waals surface area (Å²) in [5, 5.41) is 3.92. The van der Waals surface area contributed by atoms with Crippen LogP contribution in [0.1, 0.15) is 45.1 Å². The zero-order valence-electron chi connectivity index (χ0n) is 17.8. The first-order valence-corrected chi connectivity index (χ1v) is 11.5. The largest absolute Gasteiger partial charge is 0.322 e. The third kappa shape index (κ3) is 6.13. The summed E-state index contributed by atoms with van der Waals surface area (Å²) in [5.74, 6) is 0. The number of anilines is 1. The van der Waals surface area contributed by atoms with E-state index in [1.54, 1.807) is 18.2 Å². The maximum atomic E-state index is 13.3. The monoisotopic (exact) mass is 447 g/mol. The van der Waals surface area contributed by atoms with Gasteiger partial charge in [-0.1, -0.05) is 66.9 Å². The summed E-state index contributed by atoms with van der Waals surface area (Å²) in [6, 6.07) is 16.0. The van der Waals surface area contributed by atoms with Crippen molar-refractivity contribution in [3.05, 3.63) is 64.1 Å². The third-order valence-corrected chi connectivity index (χ3v) is 6.64. The number of benzene rings is 2. The van der Waals surface area contributed by atoms with Crippen LogP contribution in [0.3, 0.4) is 0 Å². The summed E-state index contributed by atoms with van der Waals surface area (Å²) in [7, 11) is 0. The van der Waals surface area contributed by atoms with E-state index >= 15 is 0 Å². The zero-order chi connectivity index (χ0) is 21.5. The van der Waals surface area contributed by atoms with Crippen LogP contribution < -0.4 is 5.32 Å². The number of carbonyl (C=O) groups excluding carboxylic acids is 1. The summed E-state index contributed by atoms with van der Waals surface area (Å²) in [5.41, 5.74) is 1.78. The molecule has 0 saturated carbocycles.